The van der Waals surface area contributed by atoms with E-state index in [0.29, 0.717) is 5.78 Å². The van der Waals surface area contributed by atoms with Crippen molar-refractivity contribution in [1.29, 1.82) is 0 Å². The maximum atomic E-state index is 12.2. The predicted octanol–water partition coefficient (Wildman–Crippen LogP) is 2.53. The van der Waals surface area contributed by atoms with Crippen LogP contribution in [0.5, 0.6) is 0 Å². The van der Waals surface area contributed by atoms with E-state index in [2.05, 4.69) is 11.0 Å². The van der Waals surface area contributed by atoms with Crippen molar-refractivity contribution in [1.82, 2.24) is 4.90 Å². The van der Waals surface area contributed by atoms with E-state index in [4.69, 9.17) is 0 Å². The molecule has 0 aromatic heterocycles. The van der Waals surface area contributed by atoms with Crippen LogP contribution in [0, 0.1) is 5.92 Å². The highest BCUT2D eigenvalue weighted by molar-refractivity contribution is 6.02. The number of nitrogens with zero attached hydrogens (tertiary/aromatic N) is 1. The van der Waals surface area contributed by atoms with Gasteiger partial charge in [0, 0.05) is 11.5 Å². The lowest BCUT2D eigenvalue weighted by molar-refractivity contribution is 0.0923. The highest BCUT2D eigenvalue weighted by atomic mass is 16.1. The first-order chi connectivity index (χ1) is 8.34. The molecule has 1 fully saturated rings. The van der Waals surface area contributed by atoms with Gasteiger partial charge in [-0.2, -0.15) is 0 Å². The molecule has 0 bridgehead atoms. The lowest BCUT2D eigenvalue weighted by Crippen LogP contribution is -2.24. The first-order valence-corrected chi connectivity index (χ1v) is 6.69. The molecule has 17 heavy (non-hydrogen) atoms. The molecule has 1 aromatic rings. The molecular weight excluding hydrogens is 210 g/mol. The summed E-state index contributed by atoms with van der Waals surface area (Å²) in [4.78, 5) is 14.7. The van der Waals surface area contributed by atoms with Gasteiger partial charge in [0.2, 0.25) is 0 Å². The number of ketones is 1. The summed E-state index contributed by atoms with van der Waals surface area (Å²) in [6, 6.07) is 8.09. The molecular formula is C15H19NO. The topological polar surface area (TPSA) is 20.3 Å². The van der Waals surface area contributed by atoms with Gasteiger partial charge in [-0.25, -0.2) is 0 Å². The average molecular weight is 229 g/mol. The molecule has 1 aliphatic carbocycles. The molecule has 1 heterocycles. The molecule has 0 spiro atoms. The van der Waals surface area contributed by atoms with Gasteiger partial charge in [-0.05, 0) is 50.9 Å². The second-order valence-corrected chi connectivity index (χ2v) is 5.26. The number of rotatable bonds is 3. The van der Waals surface area contributed by atoms with E-state index in [1.165, 1.54) is 31.5 Å². The lowest BCUT2D eigenvalue weighted by Gasteiger charge is -2.16. The van der Waals surface area contributed by atoms with Crippen molar-refractivity contribution in [2.45, 2.75) is 25.7 Å². The number of carbonyl (C=O) groups excluding carboxylic acids is 1. The van der Waals surface area contributed by atoms with Crippen LogP contribution in [-0.2, 0) is 6.42 Å². The van der Waals surface area contributed by atoms with Gasteiger partial charge in [0.25, 0.3) is 0 Å². The number of hydrogen-bond donors (Lipinski definition) is 0. The number of fused-ring (bicyclic) bond motifs is 1. The molecule has 0 N–H and O–H groups in total. The zero-order valence-corrected chi connectivity index (χ0v) is 10.2. The predicted molar refractivity (Wildman–Crippen MR) is 68.3 cm³/mol. The first-order valence-electron chi connectivity index (χ1n) is 6.69. The van der Waals surface area contributed by atoms with Crippen molar-refractivity contribution < 1.29 is 4.79 Å². The van der Waals surface area contributed by atoms with E-state index in [1.807, 2.05) is 18.2 Å². The molecule has 90 valence electrons. The highest BCUT2D eigenvalue weighted by Gasteiger charge is 2.30. The van der Waals surface area contributed by atoms with Gasteiger partial charge < -0.3 is 4.90 Å². The third kappa shape index (κ3) is 2.14. The van der Waals surface area contributed by atoms with Crippen LogP contribution in [0.4, 0.5) is 0 Å². The summed E-state index contributed by atoms with van der Waals surface area (Å²) in [6.07, 6.45) is 4.66. The second kappa shape index (κ2) is 4.61. The van der Waals surface area contributed by atoms with Crippen molar-refractivity contribution in [3.8, 4) is 0 Å². The maximum absolute atomic E-state index is 12.2. The van der Waals surface area contributed by atoms with Crippen LogP contribution in [0.15, 0.2) is 24.3 Å². The standard InChI is InChI=1S/C15H19NO/c17-15-13(7-10-16-8-3-4-9-16)11-12-5-1-2-6-14(12)15/h1-2,5-6,13H,3-4,7-11H2/t13-/m0/s1. The molecule has 2 nitrogen and oxygen atoms in total. The SMILES string of the molecule is O=C1c2ccccc2C[C@@H]1CCN1CCCC1. The van der Waals surface area contributed by atoms with Gasteiger partial charge in [0.15, 0.2) is 5.78 Å². The molecule has 2 aliphatic rings. The maximum Gasteiger partial charge on any atom is 0.166 e. The molecule has 0 unspecified atom stereocenters. The van der Waals surface area contributed by atoms with Crippen molar-refractivity contribution in [2.75, 3.05) is 19.6 Å². The summed E-state index contributed by atoms with van der Waals surface area (Å²) < 4.78 is 0. The second-order valence-electron chi connectivity index (χ2n) is 5.26. The fraction of sp³-hybridized carbons (Fsp3) is 0.533. The zero-order valence-electron chi connectivity index (χ0n) is 10.2. The smallest absolute Gasteiger partial charge is 0.166 e. The first kappa shape index (κ1) is 11.0. The minimum Gasteiger partial charge on any atom is -0.303 e. The van der Waals surface area contributed by atoms with Crippen LogP contribution in [0.3, 0.4) is 0 Å². The molecule has 1 saturated heterocycles. The van der Waals surface area contributed by atoms with E-state index in [-0.39, 0.29) is 5.92 Å². The normalized spacial score (nSPS) is 24.2. The molecule has 1 aliphatic heterocycles. The number of likely N-dealkylation sites (tertiary alicyclic amines) is 1. The zero-order chi connectivity index (χ0) is 11.7. The fourth-order valence-electron chi connectivity index (χ4n) is 3.09. The minimum absolute atomic E-state index is 0.244. The molecule has 2 heteroatoms. The minimum atomic E-state index is 0.244. The van der Waals surface area contributed by atoms with E-state index in [1.54, 1.807) is 0 Å². The number of benzene rings is 1. The van der Waals surface area contributed by atoms with Gasteiger partial charge in [-0.1, -0.05) is 24.3 Å². The Morgan fingerprint density at radius 1 is 1.18 bits per heavy atom. The number of hydrogen-bond acceptors (Lipinski definition) is 2. The molecule has 3 rings (SSSR count). The van der Waals surface area contributed by atoms with Crippen LogP contribution in [0.1, 0.15) is 35.2 Å². The van der Waals surface area contributed by atoms with Crippen LogP contribution in [0.2, 0.25) is 0 Å². The van der Waals surface area contributed by atoms with Crippen molar-refractivity contribution in [3.05, 3.63) is 35.4 Å². The Kier molecular flexibility index (Phi) is 2.98. The van der Waals surface area contributed by atoms with Gasteiger partial charge in [-0.3, -0.25) is 4.79 Å². The third-order valence-electron chi connectivity index (χ3n) is 4.11. The van der Waals surface area contributed by atoms with E-state index in [9.17, 15) is 4.79 Å². The molecule has 1 aromatic carbocycles. The Hall–Kier alpha value is -1.15. The van der Waals surface area contributed by atoms with E-state index in [0.717, 1.165) is 24.9 Å². The Morgan fingerprint density at radius 3 is 2.71 bits per heavy atom. The van der Waals surface area contributed by atoms with Gasteiger partial charge >= 0.3 is 0 Å². The largest absolute Gasteiger partial charge is 0.303 e. The monoisotopic (exact) mass is 229 g/mol. The number of carbonyl (C=O) groups is 1. The summed E-state index contributed by atoms with van der Waals surface area (Å²) >= 11 is 0. The van der Waals surface area contributed by atoms with E-state index >= 15 is 0 Å². The third-order valence-corrected chi connectivity index (χ3v) is 4.11. The highest BCUT2D eigenvalue weighted by Crippen LogP contribution is 2.29. The van der Waals surface area contributed by atoms with Crippen LogP contribution >= 0.6 is 0 Å². The Balaban J connectivity index is 1.61. The number of Topliss-reactive ketones (excluding diaryl/α,β-unsaturated/α-hetero) is 1. The molecule has 0 saturated carbocycles. The van der Waals surface area contributed by atoms with Gasteiger partial charge in [-0.15, -0.1) is 0 Å². The lowest BCUT2D eigenvalue weighted by atomic mass is 10.0. The Morgan fingerprint density at radius 2 is 1.94 bits per heavy atom. The molecule has 0 amide bonds. The van der Waals surface area contributed by atoms with Crippen LogP contribution < -0.4 is 0 Å². The molecule has 0 radical (unpaired) electrons. The fourth-order valence-corrected chi connectivity index (χ4v) is 3.09. The summed E-state index contributed by atoms with van der Waals surface area (Å²) in [5, 5.41) is 0. The van der Waals surface area contributed by atoms with E-state index < -0.39 is 0 Å². The molecule has 1 atom stereocenters. The van der Waals surface area contributed by atoms with Gasteiger partial charge in [0.1, 0.15) is 0 Å². The summed E-state index contributed by atoms with van der Waals surface area (Å²) in [5.41, 5.74) is 2.22. The van der Waals surface area contributed by atoms with Crippen LogP contribution in [0.25, 0.3) is 0 Å². The summed E-state index contributed by atoms with van der Waals surface area (Å²) in [5.74, 6) is 0.618. The summed E-state index contributed by atoms with van der Waals surface area (Å²) in [7, 11) is 0. The van der Waals surface area contributed by atoms with Crippen molar-refractivity contribution >= 4 is 5.78 Å². The Bertz CT molecular complexity index is 421. The Labute approximate surface area is 103 Å². The van der Waals surface area contributed by atoms with Crippen molar-refractivity contribution in [2.24, 2.45) is 5.92 Å². The van der Waals surface area contributed by atoms with Crippen molar-refractivity contribution in [3.63, 3.8) is 0 Å². The average Bonchev–Trinajstić information content (AvgIpc) is 2.96. The van der Waals surface area contributed by atoms with Crippen LogP contribution in [-0.4, -0.2) is 30.3 Å². The quantitative estimate of drug-likeness (QED) is 0.794. The van der Waals surface area contributed by atoms with Gasteiger partial charge in [0.05, 0.1) is 0 Å². The summed E-state index contributed by atoms with van der Waals surface area (Å²) in [6.45, 7) is 3.56.